The lowest BCUT2D eigenvalue weighted by Gasteiger charge is -2.33. The minimum atomic E-state index is -0.881. The van der Waals surface area contributed by atoms with Gasteiger partial charge in [-0.15, -0.1) is 6.58 Å². The van der Waals surface area contributed by atoms with Gasteiger partial charge in [-0.1, -0.05) is 85.8 Å². The van der Waals surface area contributed by atoms with Crippen molar-refractivity contribution < 1.29 is 43.4 Å². The van der Waals surface area contributed by atoms with Crippen molar-refractivity contribution in [2.75, 3.05) is 27.2 Å². The van der Waals surface area contributed by atoms with Crippen molar-refractivity contribution in [3.05, 3.63) is 42.2 Å². The Hall–Kier alpha value is -4.66. The summed E-state index contributed by atoms with van der Waals surface area (Å²) < 4.78 is 5.30. The van der Waals surface area contributed by atoms with E-state index in [0.29, 0.717) is 39.1 Å². The number of ether oxygens (including phenoxy) is 1. The molecule has 4 amide bonds. The first-order valence-electron chi connectivity index (χ1n) is 19.9. The van der Waals surface area contributed by atoms with E-state index in [0.717, 1.165) is 55.6 Å². The molecule has 57 heavy (non-hydrogen) atoms. The summed E-state index contributed by atoms with van der Waals surface area (Å²) in [6, 6.07) is 2.65. The molecule has 1 aromatic rings. The summed E-state index contributed by atoms with van der Waals surface area (Å²) in [6.45, 7) is 21.6. The van der Waals surface area contributed by atoms with Gasteiger partial charge in [0.05, 0.1) is 37.5 Å². The summed E-state index contributed by atoms with van der Waals surface area (Å²) in [7, 11) is 3.37. The fourth-order valence-electron chi connectivity index (χ4n) is 5.88. The highest BCUT2D eigenvalue weighted by Crippen LogP contribution is 2.29. The smallest absolute Gasteiger partial charge is 0.407 e. The second-order valence-corrected chi connectivity index (χ2v) is 14.9. The first-order chi connectivity index (χ1) is 27.2. The molecular weight excluding hydrogens is 732 g/mol. The highest BCUT2D eigenvalue weighted by atomic mass is 16.5. The number of amides is 4. The average molecular weight is 805 g/mol. The number of likely N-dealkylation sites (tertiary alicyclic amines) is 1. The maximum atomic E-state index is 13.0. The number of carbonyl (C=O) groups is 7. The number of nitrogens with one attached hydrogen (secondary N) is 3. The van der Waals surface area contributed by atoms with Crippen molar-refractivity contribution in [2.24, 2.45) is 17.3 Å². The Kier molecular flexibility index (Phi) is 30.0. The lowest BCUT2D eigenvalue weighted by Crippen LogP contribution is -2.54. The molecule has 3 atom stereocenters. The minimum Gasteiger partial charge on any atom is -0.465 e. The first kappa shape index (κ1) is 54.4. The summed E-state index contributed by atoms with van der Waals surface area (Å²) in [5.74, 6) is 1.08. The minimum absolute atomic E-state index is 0.00222. The van der Waals surface area contributed by atoms with Gasteiger partial charge in [-0.25, -0.2) is 9.59 Å². The quantitative estimate of drug-likeness (QED) is 0.170. The molecule has 0 aromatic carbocycles. The van der Waals surface area contributed by atoms with Crippen LogP contribution in [-0.4, -0.2) is 109 Å². The highest BCUT2D eigenvalue weighted by molar-refractivity contribution is 5.88. The van der Waals surface area contributed by atoms with Crippen molar-refractivity contribution in [2.45, 2.75) is 137 Å². The zero-order valence-electron chi connectivity index (χ0n) is 35.8. The Morgan fingerprint density at radius 2 is 1.58 bits per heavy atom. The van der Waals surface area contributed by atoms with Crippen molar-refractivity contribution in [3.8, 4) is 0 Å². The van der Waals surface area contributed by atoms with E-state index in [1.165, 1.54) is 24.2 Å². The first-order valence-corrected chi connectivity index (χ1v) is 19.9. The lowest BCUT2D eigenvalue weighted by molar-refractivity contribution is -0.138. The lowest BCUT2D eigenvalue weighted by atomic mass is 9.83. The molecule has 4 aliphatic rings. The maximum Gasteiger partial charge on any atom is 0.407 e. The third-order valence-corrected chi connectivity index (χ3v) is 9.17. The van der Waals surface area contributed by atoms with Crippen molar-refractivity contribution in [1.29, 1.82) is 0 Å². The number of aromatic nitrogens is 1. The van der Waals surface area contributed by atoms with Crippen LogP contribution in [0.1, 0.15) is 117 Å². The van der Waals surface area contributed by atoms with E-state index >= 15 is 0 Å². The van der Waals surface area contributed by atoms with Crippen LogP contribution in [0.25, 0.3) is 0 Å². The van der Waals surface area contributed by atoms with Gasteiger partial charge in [-0.2, -0.15) is 0 Å². The SMILES string of the molecule is C=CCC(NC)C(=O)NC.C=O.C=O.CC.CC(C)(C)COC(=O)NC(C(=O)N1CCCC1C=O)C1CCCCC1.CC1CC1.O=C(O)N1Cc2cccnc2C1. The van der Waals surface area contributed by atoms with Crippen LogP contribution in [0, 0.1) is 17.3 Å². The zero-order valence-corrected chi connectivity index (χ0v) is 35.8. The number of rotatable bonds is 9. The van der Waals surface area contributed by atoms with Gasteiger partial charge in [0.15, 0.2) is 0 Å². The van der Waals surface area contributed by atoms with Gasteiger partial charge in [-0.3, -0.25) is 19.5 Å². The van der Waals surface area contributed by atoms with E-state index in [4.69, 9.17) is 19.4 Å². The van der Waals surface area contributed by atoms with Gasteiger partial charge in [0.25, 0.3) is 0 Å². The molecule has 3 fully saturated rings. The third kappa shape index (κ3) is 22.6. The summed E-state index contributed by atoms with van der Waals surface area (Å²) in [6.07, 6.45) is 13.2. The molecule has 3 unspecified atom stereocenters. The number of carbonyl (C=O) groups excluding carboxylic acids is 6. The second kappa shape index (κ2) is 31.4. The molecule has 324 valence electrons. The Bertz CT molecular complexity index is 1290. The zero-order chi connectivity index (χ0) is 44.0. The van der Waals surface area contributed by atoms with Gasteiger partial charge in [0.1, 0.15) is 25.9 Å². The predicted molar refractivity (Wildman–Crippen MR) is 222 cm³/mol. The predicted octanol–water partition coefficient (Wildman–Crippen LogP) is 5.94. The van der Waals surface area contributed by atoms with E-state index < -0.39 is 18.2 Å². The van der Waals surface area contributed by atoms with E-state index in [1.54, 1.807) is 31.3 Å². The maximum absolute atomic E-state index is 13.0. The number of alkyl carbamates (subject to hydrolysis) is 1. The summed E-state index contributed by atoms with van der Waals surface area (Å²) in [4.78, 5) is 81.1. The molecule has 0 bridgehead atoms. The Morgan fingerprint density at radius 1 is 0.982 bits per heavy atom. The molecule has 3 heterocycles. The number of likely N-dealkylation sites (N-methyl/N-ethyl adjacent to an activating group) is 2. The molecular formula is C42H72N6O9. The van der Waals surface area contributed by atoms with E-state index in [2.05, 4.69) is 34.4 Å². The van der Waals surface area contributed by atoms with Crippen LogP contribution >= 0.6 is 0 Å². The Balaban J connectivity index is 0. The summed E-state index contributed by atoms with van der Waals surface area (Å²) >= 11 is 0. The van der Waals surface area contributed by atoms with Gasteiger partial charge >= 0.3 is 12.2 Å². The normalized spacial score (nSPS) is 17.4. The molecule has 2 saturated carbocycles. The molecule has 2 aliphatic carbocycles. The van der Waals surface area contributed by atoms with E-state index in [1.807, 2.05) is 60.3 Å². The second-order valence-electron chi connectivity index (χ2n) is 14.9. The van der Waals surface area contributed by atoms with Gasteiger partial charge in [0.2, 0.25) is 11.8 Å². The van der Waals surface area contributed by atoms with Crippen LogP contribution in [0.15, 0.2) is 31.0 Å². The molecule has 15 heteroatoms. The molecule has 0 radical (unpaired) electrons. The molecule has 2 aliphatic heterocycles. The highest BCUT2D eigenvalue weighted by Gasteiger charge is 2.38. The number of aldehydes is 1. The number of hydrogen-bond acceptors (Lipinski definition) is 10. The Labute approximate surface area is 341 Å². The van der Waals surface area contributed by atoms with Gasteiger partial charge in [0, 0.05) is 19.8 Å². The monoisotopic (exact) mass is 805 g/mol. The number of hydrogen-bond donors (Lipinski definition) is 4. The van der Waals surface area contributed by atoms with Crippen LogP contribution in [-0.2, 0) is 41.8 Å². The van der Waals surface area contributed by atoms with Crippen LogP contribution in [0.5, 0.6) is 0 Å². The van der Waals surface area contributed by atoms with Crippen molar-refractivity contribution in [3.63, 3.8) is 0 Å². The van der Waals surface area contributed by atoms with Crippen LogP contribution in [0.2, 0.25) is 0 Å². The topological polar surface area (TPSA) is 204 Å². The average Bonchev–Trinajstić information content (AvgIpc) is 3.66. The fraction of sp³-hybridized carbons (Fsp3) is 0.667. The molecule has 4 N–H and O–H groups in total. The summed E-state index contributed by atoms with van der Waals surface area (Å²) in [5, 5.41) is 16.9. The number of pyridine rings is 1. The van der Waals surface area contributed by atoms with Crippen LogP contribution in [0.3, 0.4) is 0 Å². The number of fused-ring (bicyclic) bond motifs is 1. The Morgan fingerprint density at radius 3 is 2.04 bits per heavy atom. The third-order valence-electron chi connectivity index (χ3n) is 9.17. The number of carboxylic acid groups (broad SMARTS) is 1. The summed E-state index contributed by atoms with van der Waals surface area (Å²) in [5.41, 5.74) is 1.76. The van der Waals surface area contributed by atoms with E-state index in [9.17, 15) is 24.0 Å². The molecule has 1 aromatic heterocycles. The molecule has 0 spiro atoms. The van der Waals surface area contributed by atoms with Crippen molar-refractivity contribution >= 4 is 43.9 Å². The van der Waals surface area contributed by atoms with E-state index in [-0.39, 0.29) is 35.2 Å². The molecule has 15 nitrogen and oxygen atoms in total. The molecule has 1 saturated heterocycles. The molecule has 5 rings (SSSR count). The fourth-order valence-corrected chi connectivity index (χ4v) is 5.88. The van der Waals surface area contributed by atoms with Crippen LogP contribution < -0.4 is 16.0 Å². The number of nitrogens with zero attached hydrogens (tertiary/aromatic N) is 3. The van der Waals surface area contributed by atoms with Crippen LogP contribution in [0.4, 0.5) is 9.59 Å². The van der Waals surface area contributed by atoms with Gasteiger partial charge < -0.3 is 45.1 Å². The standard InChI is InChI=1S/C19H32N2O4.C8H8N2O2.C7H14N2O.C4H8.C2H6.2CH2O/c1-19(2,3)13-25-18(24)20-16(14-8-5-4-6-9-14)17(23)21-11-7-10-15(21)12-22;11-8(12)10-4-6-2-1-3-9-7(6)5-10;1-4-5-6(8-2)7(10)9-3;1-4-2-3-4;3*1-2/h12,14-16H,4-11,13H2,1-3H3,(H,20,24);1-3H,4-5H2,(H,11,12);4,6,8H,1,5H2,2-3H3,(H,9,10);4H,2-3H2,1H3;1-2H3;2*1H2. The van der Waals surface area contributed by atoms with Crippen molar-refractivity contribution in [1.82, 2.24) is 30.7 Å². The largest absolute Gasteiger partial charge is 0.465 e. The van der Waals surface area contributed by atoms with Gasteiger partial charge in [-0.05, 0) is 68.0 Å².